The Morgan fingerprint density at radius 2 is 1.71 bits per heavy atom. The summed E-state index contributed by atoms with van der Waals surface area (Å²) >= 11 is 0. The number of ether oxygens (including phenoxy) is 2. The highest BCUT2D eigenvalue weighted by molar-refractivity contribution is 5.96. The topological polar surface area (TPSA) is 76.7 Å². The summed E-state index contributed by atoms with van der Waals surface area (Å²) in [6.45, 7) is 8.10. The molecular formula is C22H28N2O4. The van der Waals surface area contributed by atoms with E-state index in [4.69, 9.17) is 9.47 Å². The highest BCUT2D eigenvalue weighted by Crippen LogP contribution is 2.30. The number of nitrogens with one attached hydrogen (secondary N) is 2. The lowest BCUT2D eigenvalue weighted by Gasteiger charge is -2.17. The second kappa shape index (κ2) is 9.78. The van der Waals surface area contributed by atoms with Crippen molar-refractivity contribution in [3.63, 3.8) is 0 Å². The lowest BCUT2D eigenvalue weighted by molar-refractivity contribution is -0.120. The molecule has 2 rings (SSSR count). The predicted octanol–water partition coefficient (Wildman–Crippen LogP) is 3.32. The largest absolute Gasteiger partial charge is 0.493 e. The molecule has 28 heavy (non-hydrogen) atoms. The van der Waals surface area contributed by atoms with Crippen molar-refractivity contribution in [2.24, 2.45) is 0 Å². The normalized spacial score (nSPS) is 11.5. The van der Waals surface area contributed by atoms with E-state index in [1.165, 1.54) is 0 Å². The van der Waals surface area contributed by atoms with Crippen LogP contribution in [0.4, 0.5) is 0 Å². The molecule has 1 atom stereocenters. The van der Waals surface area contributed by atoms with Crippen LogP contribution in [0.5, 0.6) is 11.5 Å². The minimum atomic E-state index is -0.266. The Bertz CT molecular complexity index is 828. The van der Waals surface area contributed by atoms with E-state index >= 15 is 0 Å². The summed E-state index contributed by atoms with van der Waals surface area (Å²) in [6, 6.07) is 10.9. The minimum Gasteiger partial charge on any atom is -0.493 e. The molecule has 0 fully saturated rings. The predicted molar refractivity (Wildman–Crippen MR) is 109 cm³/mol. The number of rotatable bonds is 8. The van der Waals surface area contributed by atoms with Crippen LogP contribution < -0.4 is 20.1 Å². The zero-order valence-corrected chi connectivity index (χ0v) is 17.1. The number of hydrogen-bond donors (Lipinski definition) is 2. The van der Waals surface area contributed by atoms with Gasteiger partial charge in [-0.25, -0.2) is 0 Å². The number of aryl methyl sites for hydroxylation is 2. The van der Waals surface area contributed by atoms with Gasteiger partial charge < -0.3 is 20.1 Å². The third-order valence-corrected chi connectivity index (χ3v) is 4.26. The molecule has 2 amide bonds. The highest BCUT2D eigenvalue weighted by Gasteiger charge is 2.14. The van der Waals surface area contributed by atoms with Gasteiger partial charge in [0.2, 0.25) is 5.91 Å². The highest BCUT2D eigenvalue weighted by atomic mass is 16.5. The molecule has 150 valence electrons. The zero-order valence-electron chi connectivity index (χ0n) is 17.1. The average Bonchev–Trinajstić information content (AvgIpc) is 2.65. The van der Waals surface area contributed by atoms with Gasteiger partial charge in [-0.3, -0.25) is 9.59 Å². The maximum Gasteiger partial charge on any atom is 0.251 e. The quantitative estimate of drug-likeness (QED) is 0.732. The van der Waals surface area contributed by atoms with Gasteiger partial charge in [0, 0.05) is 5.56 Å². The Hall–Kier alpha value is -3.02. The van der Waals surface area contributed by atoms with E-state index in [1.54, 1.807) is 19.2 Å². The Balaban J connectivity index is 1.94. The summed E-state index contributed by atoms with van der Waals surface area (Å²) in [5, 5.41) is 5.54. The van der Waals surface area contributed by atoms with Gasteiger partial charge in [0.25, 0.3) is 5.91 Å². The number of benzene rings is 2. The second-order valence-electron chi connectivity index (χ2n) is 6.69. The van der Waals surface area contributed by atoms with Gasteiger partial charge in [0.1, 0.15) is 0 Å². The van der Waals surface area contributed by atoms with Crippen LogP contribution in [0.1, 0.15) is 46.9 Å². The van der Waals surface area contributed by atoms with Crippen molar-refractivity contribution >= 4 is 11.8 Å². The average molecular weight is 384 g/mol. The summed E-state index contributed by atoms with van der Waals surface area (Å²) in [5.74, 6) is 0.743. The Labute approximate surface area is 166 Å². The molecule has 0 aromatic heterocycles. The fraction of sp³-hybridized carbons (Fsp3) is 0.364. The van der Waals surface area contributed by atoms with Gasteiger partial charge in [0.05, 0.1) is 26.3 Å². The van der Waals surface area contributed by atoms with Crippen LogP contribution >= 0.6 is 0 Å². The molecular weight excluding hydrogens is 356 g/mol. The smallest absolute Gasteiger partial charge is 0.251 e. The molecule has 2 N–H and O–H groups in total. The number of hydrogen-bond acceptors (Lipinski definition) is 4. The lowest BCUT2D eigenvalue weighted by Crippen LogP contribution is -2.38. The number of methoxy groups -OCH3 is 1. The third kappa shape index (κ3) is 5.74. The van der Waals surface area contributed by atoms with Crippen LogP contribution in [0.25, 0.3) is 0 Å². The molecule has 0 radical (unpaired) electrons. The van der Waals surface area contributed by atoms with E-state index in [0.29, 0.717) is 23.7 Å². The molecule has 0 saturated carbocycles. The molecule has 0 aliphatic heterocycles. The summed E-state index contributed by atoms with van der Waals surface area (Å²) in [6.07, 6.45) is 0. The van der Waals surface area contributed by atoms with Gasteiger partial charge in [-0.2, -0.15) is 0 Å². The molecule has 0 bridgehead atoms. The van der Waals surface area contributed by atoms with Crippen molar-refractivity contribution in [3.8, 4) is 11.5 Å². The van der Waals surface area contributed by atoms with Gasteiger partial charge in [-0.15, -0.1) is 0 Å². The first-order valence-corrected chi connectivity index (χ1v) is 9.30. The molecule has 0 heterocycles. The van der Waals surface area contributed by atoms with E-state index in [2.05, 4.69) is 10.6 Å². The standard InChI is InChI=1S/C22H28N2O4/c1-6-28-19-8-7-17(12-20(19)27-5)16(4)24-21(25)13-23-22(26)18-10-14(2)9-15(3)11-18/h7-12,16H,6,13H2,1-5H3,(H,23,26)(H,24,25). The van der Waals surface area contributed by atoms with Crippen LogP contribution in [0.2, 0.25) is 0 Å². The van der Waals surface area contributed by atoms with Crippen LogP contribution in [-0.4, -0.2) is 32.1 Å². The minimum absolute atomic E-state index is 0.0929. The molecule has 0 aliphatic carbocycles. The van der Waals surface area contributed by atoms with Crippen molar-refractivity contribution in [1.29, 1.82) is 0 Å². The summed E-state index contributed by atoms with van der Waals surface area (Å²) in [5.41, 5.74) is 3.45. The first-order chi connectivity index (χ1) is 13.3. The van der Waals surface area contributed by atoms with Crippen LogP contribution in [0, 0.1) is 13.8 Å². The fourth-order valence-electron chi connectivity index (χ4n) is 2.97. The van der Waals surface area contributed by atoms with Crippen LogP contribution in [0.3, 0.4) is 0 Å². The Morgan fingerprint density at radius 3 is 2.32 bits per heavy atom. The van der Waals surface area contributed by atoms with Gasteiger partial charge >= 0.3 is 0 Å². The fourth-order valence-corrected chi connectivity index (χ4v) is 2.97. The maximum absolute atomic E-state index is 12.3. The summed E-state index contributed by atoms with van der Waals surface area (Å²) < 4.78 is 10.9. The van der Waals surface area contributed by atoms with E-state index in [1.807, 2.05) is 52.0 Å². The molecule has 2 aromatic rings. The second-order valence-corrected chi connectivity index (χ2v) is 6.69. The summed E-state index contributed by atoms with van der Waals surface area (Å²) in [7, 11) is 1.58. The van der Waals surface area contributed by atoms with E-state index in [0.717, 1.165) is 16.7 Å². The van der Waals surface area contributed by atoms with E-state index in [-0.39, 0.29) is 24.4 Å². The van der Waals surface area contributed by atoms with Crippen molar-refractivity contribution in [2.75, 3.05) is 20.3 Å². The molecule has 0 spiro atoms. The zero-order chi connectivity index (χ0) is 20.7. The van der Waals surface area contributed by atoms with Crippen molar-refractivity contribution in [1.82, 2.24) is 10.6 Å². The Kier molecular flexibility index (Phi) is 7.44. The monoisotopic (exact) mass is 384 g/mol. The van der Waals surface area contributed by atoms with Crippen molar-refractivity contribution in [2.45, 2.75) is 33.7 Å². The number of carbonyl (C=O) groups excluding carboxylic acids is 2. The SMILES string of the molecule is CCOc1ccc(C(C)NC(=O)CNC(=O)c2cc(C)cc(C)c2)cc1OC. The first-order valence-electron chi connectivity index (χ1n) is 9.30. The molecule has 6 nitrogen and oxygen atoms in total. The molecule has 0 aliphatic rings. The molecule has 1 unspecified atom stereocenters. The van der Waals surface area contributed by atoms with Gasteiger partial charge in [-0.05, 0) is 57.5 Å². The third-order valence-electron chi connectivity index (χ3n) is 4.26. The van der Waals surface area contributed by atoms with Crippen molar-refractivity contribution in [3.05, 3.63) is 58.7 Å². The van der Waals surface area contributed by atoms with Crippen LogP contribution in [0.15, 0.2) is 36.4 Å². The molecule has 2 aromatic carbocycles. The summed E-state index contributed by atoms with van der Waals surface area (Å²) in [4.78, 5) is 24.5. The number of amides is 2. The maximum atomic E-state index is 12.3. The Morgan fingerprint density at radius 1 is 1.04 bits per heavy atom. The van der Waals surface area contributed by atoms with E-state index in [9.17, 15) is 9.59 Å². The lowest BCUT2D eigenvalue weighted by atomic mass is 10.1. The van der Waals surface area contributed by atoms with Gasteiger partial charge in [0.15, 0.2) is 11.5 Å². The molecule has 0 saturated heterocycles. The van der Waals surface area contributed by atoms with Crippen LogP contribution in [-0.2, 0) is 4.79 Å². The van der Waals surface area contributed by atoms with Crippen molar-refractivity contribution < 1.29 is 19.1 Å². The number of carbonyl (C=O) groups is 2. The van der Waals surface area contributed by atoms with Gasteiger partial charge in [-0.1, -0.05) is 23.3 Å². The molecule has 6 heteroatoms. The first kappa shape index (κ1) is 21.3. The van der Waals surface area contributed by atoms with E-state index < -0.39 is 0 Å².